The van der Waals surface area contributed by atoms with E-state index in [1.165, 1.54) is 25.1 Å². The average Bonchev–Trinajstić information content (AvgIpc) is 2.52. The summed E-state index contributed by atoms with van der Waals surface area (Å²) < 4.78 is 48.5. The third-order valence-electron chi connectivity index (χ3n) is 3.98. The molecule has 0 atom stereocenters. The quantitative estimate of drug-likeness (QED) is 0.506. The topological polar surface area (TPSA) is 73.6 Å². The molecule has 0 aliphatic carbocycles. The standard InChI is InChI=1S/C19H17FO5S/c1-11(2)16-10-19(21)24-17-9-14(5-6-15(16)17)25-26(22,23)18-7-4-13(20)8-12(18)3/h4-11H,1-3H3. The number of rotatable bonds is 4. The number of hydrogen-bond acceptors (Lipinski definition) is 5. The van der Waals surface area contributed by atoms with Crippen LogP contribution < -0.4 is 9.81 Å². The van der Waals surface area contributed by atoms with Gasteiger partial charge in [-0.15, -0.1) is 0 Å². The van der Waals surface area contributed by atoms with Gasteiger partial charge in [0, 0.05) is 17.5 Å². The van der Waals surface area contributed by atoms with Crippen LogP contribution in [0.1, 0.15) is 30.9 Å². The van der Waals surface area contributed by atoms with E-state index in [9.17, 15) is 17.6 Å². The summed E-state index contributed by atoms with van der Waals surface area (Å²) in [7, 11) is -4.15. The fourth-order valence-corrected chi connectivity index (χ4v) is 3.90. The Labute approximate surface area is 150 Å². The van der Waals surface area contributed by atoms with Gasteiger partial charge in [0.25, 0.3) is 0 Å². The molecule has 0 unspecified atom stereocenters. The Balaban J connectivity index is 2.05. The molecule has 0 radical (unpaired) electrons. The van der Waals surface area contributed by atoms with Crippen LogP contribution in [-0.4, -0.2) is 8.42 Å². The summed E-state index contributed by atoms with van der Waals surface area (Å²) in [4.78, 5) is 11.6. The highest BCUT2D eigenvalue weighted by Crippen LogP contribution is 2.29. The van der Waals surface area contributed by atoms with Gasteiger partial charge in [0.2, 0.25) is 0 Å². The Kier molecular flexibility index (Phi) is 4.58. The van der Waals surface area contributed by atoms with Gasteiger partial charge < -0.3 is 8.60 Å². The lowest BCUT2D eigenvalue weighted by Crippen LogP contribution is -2.11. The Bertz CT molecular complexity index is 1150. The highest BCUT2D eigenvalue weighted by molar-refractivity contribution is 7.87. The van der Waals surface area contributed by atoms with Crippen LogP contribution >= 0.6 is 0 Å². The van der Waals surface area contributed by atoms with Gasteiger partial charge in [-0.1, -0.05) is 13.8 Å². The average molecular weight is 376 g/mol. The Morgan fingerprint density at radius 3 is 2.46 bits per heavy atom. The fraction of sp³-hybridized carbons (Fsp3) is 0.211. The zero-order valence-corrected chi connectivity index (χ0v) is 15.3. The summed E-state index contributed by atoms with van der Waals surface area (Å²) >= 11 is 0. The van der Waals surface area contributed by atoms with Crippen LogP contribution in [0, 0.1) is 12.7 Å². The smallest absolute Gasteiger partial charge is 0.339 e. The molecule has 2 aromatic carbocycles. The zero-order valence-electron chi connectivity index (χ0n) is 14.4. The summed E-state index contributed by atoms with van der Waals surface area (Å²) in [5.74, 6) is -0.431. The molecule has 0 amide bonds. The van der Waals surface area contributed by atoms with E-state index in [4.69, 9.17) is 8.60 Å². The molecule has 0 N–H and O–H groups in total. The van der Waals surface area contributed by atoms with Crippen LogP contribution in [0.15, 0.2) is 56.6 Å². The van der Waals surface area contributed by atoms with Crippen molar-refractivity contribution in [3.8, 4) is 5.75 Å². The summed E-state index contributed by atoms with van der Waals surface area (Å²) in [5, 5.41) is 0.710. The van der Waals surface area contributed by atoms with E-state index in [0.717, 1.165) is 23.8 Å². The number of aryl methyl sites for hydroxylation is 1. The van der Waals surface area contributed by atoms with Gasteiger partial charge in [-0.3, -0.25) is 0 Å². The van der Waals surface area contributed by atoms with Crippen molar-refractivity contribution in [3.63, 3.8) is 0 Å². The Morgan fingerprint density at radius 1 is 1.08 bits per heavy atom. The van der Waals surface area contributed by atoms with Gasteiger partial charge in [-0.2, -0.15) is 8.42 Å². The monoisotopic (exact) mass is 376 g/mol. The van der Waals surface area contributed by atoms with E-state index < -0.39 is 21.6 Å². The van der Waals surface area contributed by atoms with Crippen LogP contribution in [0.5, 0.6) is 5.75 Å². The van der Waals surface area contributed by atoms with Crippen molar-refractivity contribution >= 4 is 21.1 Å². The predicted octanol–water partition coefficient (Wildman–Crippen LogP) is 4.13. The lowest BCUT2D eigenvalue weighted by molar-refractivity contribution is 0.484. The highest BCUT2D eigenvalue weighted by Gasteiger charge is 2.20. The molecule has 0 saturated heterocycles. The molecule has 136 valence electrons. The maximum atomic E-state index is 13.2. The van der Waals surface area contributed by atoms with Crippen LogP contribution in [0.2, 0.25) is 0 Å². The molecule has 0 aliphatic rings. The molecule has 1 heterocycles. The van der Waals surface area contributed by atoms with Crippen molar-refractivity contribution in [2.24, 2.45) is 0 Å². The maximum Gasteiger partial charge on any atom is 0.339 e. The van der Waals surface area contributed by atoms with Gasteiger partial charge in [-0.25, -0.2) is 9.18 Å². The molecule has 0 spiro atoms. The molecule has 7 heteroatoms. The van der Waals surface area contributed by atoms with E-state index in [2.05, 4.69) is 0 Å². The zero-order chi connectivity index (χ0) is 19.1. The molecule has 5 nitrogen and oxygen atoms in total. The van der Waals surface area contributed by atoms with Crippen molar-refractivity contribution in [2.45, 2.75) is 31.6 Å². The normalized spacial score (nSPS) is 11.9. The lowest BCUT2D eigenvalue weighted by atomic mass is 10.00. The molecule has 0 saturated carbocycles. The third kappa shape index (κ3) is 3.48. The first-order chi connectivity index (χ1) is 12.2. The van der Waals surface area contributed by atoms with E-state index in [0.29, 0.717) is 5.39 Å². The van der Waals surface area contributed by atoms with Crippen molar-refractivity contribution in [2.75, 3.05) is 0 Å². The first-order valence-electron chi connectivity index (χ1n) is 7.96. The first kappa shape index (κ1) is 18.1. The summed E-state index contributed by atoms with van der Waals surface area (Å²) in [6, 6.07) is 9.24. The molecular formula is C19H17FO5S. The molecule has 3 aromatic rings. The Hall–Kier alpha value is -2.67. The van der Waals surface area contributed by atoms with Gasteiger partial charge in [0.1, 0.15) is 22.0 Å². The molecule has 1 aromatic heterocycles. The summed E-state index contributed by atoms with van der Waals surface area (Å²) in [6.07, 6.45) is 0. The summed E-state index contributed by atoms with van der Waals surface area (Å²) in [5.41, 5.74) is 0.764. The van der Waals surface area contributed by atoms with Gasteiger partial charge in [0.05, 0.1) is 0 Å². The minimum Gasteiger partial charge on any atom is -0.423 e. The van der Waals surface area contributed by atoms with Crippen LogP contribution in [0.4, 0.5) is 4.39 Å². The minimum absolute atomic E-state index is 0.00489. The van der Waals surface area contributed by atoms with Crippen molar-refractivity contribution in [3.05, 3.63) is 69.8 Å². The fourth-order valence-electron chi connectivity index (χ4n) is 2.76. The van der Waals surface area contributed by atoms with Gasteiger partial charge in [-0.05, 0) is 54.3 Å². The van der Waals surface area contributed by atoms with E-state index in [1.54, 1.807) is 6.07 Å². The number of halogens is 1. The minimum atomic E-state index is -4.15. The number of fused-ring (bicyclic) bond motifs is 1. The van der Waals surface area contributed by atoms with Crippen molar-refractivity contribution in [1.29, 1.82) is 0 Å². The van der Waals surface area contributed by atoms with E-state index in [1.807, 2.05) is 13.8 Å². The second-order valence-electron chi connectivity index (χ2n) is 6.28. The van der Waals surface area contributed by atoms with Crippen LogP contribution in [0.25, 0.3) is 11.0 Å². The first-order valence-corrected chi connectivity index (χ1v) is 9.36. The summed E-state index contributed by atoms with van der Waals surface area (Å²) in [6.45, 7) is 5.37. The molecule has 0 aliphatic heterocycles. The van der Waals surface area contributed by atoms with E-state index >= 15 is 0 Å². The van der Waals surface area contributed by atoms with E-state index in [-0.39, 0.29) is 27.7 Å². The number of hydrogen-bond donors (Lipinski definition) is 0. The second-order valence-corrected chi connectivity index (χ2v) is 7.80. The van der Waals surface area contributed by atoms with Crippen LogP contribution in [0.3, 0.4) is 0 Å². The molecule has 26 heavy (non-hydrogen) atoms. The predicted molar refractivity (Wildman–Crippen MR) is 95.5 cm³/mol. The lowest BCUT2D eigenvalue weighted by Gasteiger charge is -2.11. The third-order valence-corrected chi connectivity index (χ3v) is 5.39. The van der Waals surface area contributed by atoms with Crippen LogP contribution in [-0.2, 0) is 10.1 Å². The number of benzene rings is 2. The molecule has 0 fully saturated rings. The second kappa shape index (κ2) is 6.57. The van der Waals surface area contributed by atoms with Gasteiger partial charge in [0.15, 0.2) is 0 Å². The van der Waals surface area contributed by atoms with Gasteiger partial charge >= 0.3 is 15.7 Å². The van der Waals surface area contributed by atoms with Crippen molar-refractivity contribution < 1.29 is 21.4 Å². The molecule has 0 bridgehead atoms. The Morgan fingerprint density at radius 2 is 1.81 bits per heavy atom. The highest BCUT2D eigenvalue weighted by atomic mass is 32.2. The molecule has 3 rings (SSSR count). The SMILES string of the molecule is Cc1cc(F)ccc1S(=O)(=O)Oc1ccc2c(C(C)C)cc(=O)oc2c1. The largest absolute Gasteiger partial charge is 0.423 e. The molecular weight excluding hydrogens is 359 g/mol. The maximum absolute atomic E-state index is 13.2. The van der Waals surface area contributed by atoms with Crippen molar-refractivity contribution in [1.82, 2.24) is 0 Å².